The number of rotatable bonds is 9. The van der Waals surface area contributed by atoms with Crippen LogP contribution in [0.4, 0.5) is 0 Å². The molecule has 6 nitrogen and oxygen atoms in total. The van der Waals surface area contributed by atoms with Crippen LogP contribution in [0, 0.1) is 0 Å². The van der Waals surface area contributed by atoms with Gasteiger partial charge in [-0.15, -0.1) is 0 Å². The second-order valence-electron chi connectivity index (χ2n) is 6.85. The van der Waals surface area contributed by atoms with E-state index < -0.39 is 5.97 Å². The van der Waals surface area contributed by atoms with Crippen LogP contribution in [0.5, 0.6) is 17.2 Å². The molecular formula is C25H22ClNO5. The van der Waals surface area contributed by atoms with Crippen LogP contribution in [-0.4, -0.2) is 23.8 Å². The molecule has 0 amide bonds. The van der Waals surface area contributed by atoms with Crippen LogP contribution in [0.3, 0.4) is 0 Å². The van der Waals surface area contributed by atoms with Crippen LogP contribution in [0.2, 0.25) is 5.02 Å². The molecule has 0 saturated carbocycles. The molecule has 3 rings (SSSR count). The van der Waals surface area contributed by atoms with Gasteiger partial charge in [0.05, 0.1) is 12.1 Å². The first-order valence-electron chi connectivity index (χ1n) is 9.82. The van der Waals surface area contributed by atoms with Crippen molar-refractivity contribution in [1.82, 2.24) is 4.98 Å². The van der Waals surface area contributed by atoms with E-state index in [1.807, 2.05) is 12.1 Å². The van der Waals surface area contributed by atoms with Gasteiger partial charge < -0.3 is 14.2 Å². The summed E-state index contributed by atoms with van der Waals surface area (Å²) in [5.74, 6) is 0.638. The third-order valence-electron chi connectivity index (χ3n) is 4.45. The number of benzene rings is 2. The molecule has 0 aliphatic carbocycles. The standard InChI is InChI=1S/C25H22ClNO5/c1-17(28)32-24-14-18(7-9-22(24)30-2)6-8-21(29)15-20-4-3-5-23(25(20)26)31-16-19-10-12-27-13-11-19/h3-14H,15-16H2,1-2H3/b8-6+. The fraction of sp³-hybridized carbons (Fsp3) is 0.160. The minimum atomic E-state index is -0.457. The molecule has 1 aromatic heterocycles. The van der Waals surface area contributed by atoms with Gasteiger partial charge in [0.1, 0.15) is 12.4 Å². The Morgan fingerprint density at radius 1 is 1.03 bits per heavy atom. The van der Waals surface area contributed by atoms with Gasteiger partial charge >= 0.3 is 5.97 Å². The molecule has 0 aliphatic rings. The van der Waals surface area contributed by atoms with Crippen molar-refractivity contribution in [2.75, 3.05) is 7.11 Å². The van der Waals surface area contributed by atoms with Crippen molar-refractivity contribution in [3.8, 4) is 17.2 Å². The van der Waals surface area contributed by atoms with Gasteiger partial charge in [-0.2, -0.15) is 0 Å². The van der Waals surface area contributed by atoms with Gasteiger partial charge in [-0.3, -0.25) is 14.6 Å². The number of pyridine rings is 1. The number of carbonyl (C=O) groups is 2. The van der Waals surface area contributed by atoms with Crippen LogP contribution in [0.1, 0.15) is 23.6 Å². The van der Waals surface area contributed by atoms with E-state index >= 15 is 0 Å². The van der Waals surface area contributed by atoms with Crippen molar-refractivity contribution in [3.05, 3.63) is 88.7 Å². The summed E-state index contributed by atoms with van der Waals surface area (Å²) in [6, 6.07) is 14.1. The molecule has 0 aliphatic heterocycles. The number of methoxy groups -OCH3 is 1. The third kappa shape index (κ3) is 6.43. The lowest BCUT2D eigenvalue weighted by Gasteiger charge is -2.11. The van der Waals surface area contributed by atoms with Crippen molar-refractivity contribution in [2.45, 2.75) is 20.0 Å². The lowest BCUT2D eigenvalue weighted by Crippen LogP contribution is -2.03. The molecule has 0 N–H and O–H groups in total. The second-order valence-corrected chi connectivity index (χ2v) is 7.23. The average molecular weight is 452 g/mol. The Bertz CT molecular complexity index is 1130. The lowest BCUT2D eigenvalue weighted by atomic mass is 10.1. The van der Waals surface area contributed by atoms with Gasteiger partial charge in [0.2, 0.25) is 0 Å². The topological polar surface area (TPSA) is 74.7 Å². The summed E-state index contributed by atoms with van der Waals surface area (Å²) in [7, 11) is 1.49. The van der Waals surface area contributed by atoms with E-state index in [1.54, 1.807) is 54.9 Å². The highest BCUT2D eigenvalue weighted by molar-refractivity contribution is 6.33. The predicted molar refractivity (Wildman–Crippen MR) is 122 cm³/mol. The first-order valence-corrected chi connectivity index (χ1v) is 10.2. The maximum absolute atomic E-state index is 12.5. The molecular weight excluding hydrogens is 430 g/mol. The number of hydrogen-bond acceptors (Lipinski definition) is 6. The molecule has 2 aromatic carbocycles. The van der Waals surface area contributed by atoms with Gasteiger partial charge in [-0.05, 0) is 53.1 Å². The molecule has 164 valence electrons. The van der Waals surface area contributed by atoms with E-state index in [9.17, 15) is 9.59 Å². The molecule has 0 atom stereocenters. The fourth-order valence-corrected chi connectivity index (χ4v) is 3.16. The van der Waals surface area contributed by atoms with E-state index in [0.717, 1.165) is 5.56 Å². The molecule has 0 bridgehead atoms. The Labute approximate surface area is 191 Å². The number of aromatic nitrogens is 1. The highest BCUT2D eigenvalue weighted by Crippen LogP contribution is 2.30. The minimum absolute atomic E-state index is 0.120. The summed E-state index contributed by atoms with van der Waals surface area (Å²) in [6.45, 7) is 1.66. The van der Waals surface area contributed by atoms with Crippen molar-refractivity contribution >= 4 is 29.4 Å². The zero-order valence-corrected chi connectivity index (χ0v) is 18.5. The fourth-order valence-electron chi connectivity index (χ4n) is 2.91. The highest BCUT2D eigenvalue weighted by Gasteiger charge is 2.11. The summed E-state index contributed by atoms with van der Waals surface area (Å²) in [5.41, 5.74) is 2.33. The summed E-state index contributed by atoms with van der Waals surface area (Å²) in [6.07, 6.45) is 6.61. The average Bonchev–Trinajstić information content (AvgIpc) is 2.79. The number of allylic oxidation sites excluding steroid dienone is 1. The molecule has 1 heterocycles. The van der Waals surface area contributed by atoms with E-state index in [2.05, 4.69) is 4.98 Å². The normalized spacial score (nSPS) is 10.7. The molecule has 0 fully saturated rings. The molecule has 7 heteroatoms. The van der Waals surface area contributed by atoms with Gasteiger partial charge in [0, 0.05) is 25.7 Å². The number of halogens is 1. The van der Waals surface area contributed by atoms with Crippen LogP contribution in [0.15, 0.2) is 67.0 Å². The Morgan fingerprint density at radius 2 is 1.81 bits per heavy atom. The zero-order chi connectivity index (χ0) is 22.9. The SMILES string of the molecule is COc1ccc(/C=C/C(=O)Cc2cccc(OCc3ccncc3)c2Cl)cc1OC(C)=O. The maximum Gasteiger partial charge on any atom is 0.308 e. The van der Waals surface area contributed by atoms with Crippen LogP contribution in [0.25, 0.3) is 6.08 Å². The predicted octanol–water partition coefficient (Wildman–Crippen LogP) is 5.07. The Hall–Kier alpha value is -3.64. The molecule has 0 radical (unpaired) electrons. The molecule has 32 heavy (non-hydrogen) atoms. The number of nitrogens with zero attached hydrogens (tertiary/aromatic N) is 1. The van der Waals surface area contributed by atoms with E-state index in [-0.39, 0.29) is 18.0 Å². The van der Waals surface area contributed by atoms with Gasteiger partial charge in [-0.1, -0.05) is 35.9 Å². The van der Waals surface area contributed by atoms with Gasteiger partial charge in [-0.25, -0.2) is 0 Å². The first kappa shape index (κ1) is 23.0. The molecule has 3 aromatic rings. The summed E-state index contributed by atoms with van der Waals surface area (Å²) in [5, 5.41) is 0.407. The van der Waals surface area contributed by atoms with E-state index in [0.29, 0.717) is 34.3 Å². The maximum atomic E-state index is 12.5. The van der Waals surface area contributed by atoms with Crippen LogP contribution < -0.4 is 14.2 Å². The Balaban J connectivity index is 1.67. The first-order chi connectivity index (χ1) is 15.5. The molecule has 0 unspecified atom stereocenters. The second kappa shape index (κ2) is 11.1. The number of carbonyl (C=O) groups excluding carboxylic acids is 2. The zero-order valence-electron chi connectivity index (χ0n) is 17.7. The number of ether oxygens (including phenoxy) is 3. The van der Waals surface area contributed by atoms with Crippen LogP contribution in [-0.2, 0) is 22.6 Å². The highest BCUT2D eigenvalue weighted by atomic mass is 35.5. The Morgan fingerprint density at radius 3 is 2.53 bits per heavy atom. The number of hydrogen-bond donors (Lipinski definition) is 0. The lowest BCUT2D eigenvalue weighted by molar-refractivity contribution is -0.132. The van der Waals surface area contributed by atoms with Crippen molar-refractivity contribution in [2.24, 2.45) is 0 Å². The summed E-state index contributed by atoms with van der Waals surface area (Å²) < 4.78 is 16.1. The molecule has 0 saturated heterocycles. The summed E-state index contributed by atoms with van der Waals surface area (Å²) in [4.78, 5) is 27.8. The summed E-state index contributed by atoms with van der Waals surface area (Å²) >= 11 is 6.46. The van der Waals surface area contributed by atoms with Crippen LogP contribution >= 0.6 is 11.6 Å². The van der Waals surface area contributed by atoms with Crippen molar-refractivity contribution in [1.29, 1.82) is 0 Å². The third-order valence-corrected chi connectivity index (χ3v) is 4.88. The smallest absolute Gasteiger partial charge is 0.308 e. The monoisotopic (exact) mass is 451 g/mol. The quantitative estimate of drug-likeness (QED) is 0.257. The number of ketones is 1. The number of esters is 1. The van der Waals surface area contributed by atoms with Crippen molar-refractivity contribution in [3.63, 3.8) is 0 Å². The molecule has 0 spiro atoms. The van der Waals surface area contributed by atoms with E-state index in [4.69, 9.17) is 25.8 Å². The van der Waals surface area contributed by atoms with Crippen molar-refractivity contribution < 1.29 is 23.8 Å². The Kier molecular flexibility index (Phi) is 8.00. The minimum Gasteiger partial charge on any atom is -0.493 e. The van der Waals surface area contributed by atoms with E-state index in [1.165, 1.54) is 20.1 Å². The van der Waals surface area contributed by atoms with Gasteiger partial charge in [0.15, 0.2) is 17.3 Å². The largest absolute Gasteiger partial charge is 0.493 e. The van der Waals surface area contributed by atoms with Gasteiger partial charge in [0.25, 0.3) is 0 Å².